The Bertz CT molecular complexity index is 1400. The molecule has 0 amide bonds. The van der Waals surface area contributed by atoms with E-state index in [1.54, 1.807) is 0 Å². The molecule has 7 nitrogen and oxygen atoms in total. The van der Waals surface area contributed by atoms with Crippen LogP contribution in [0.4, 0.5) is 24.7 Å². The SMILES string of the molecule is NSc1ccc(NC(=S)N2CCN(c3ncnc4[nH]c5cc(C(F)(F)F)c(Cl)cc5c34)CC2)cc1. The zero-order valence-corrected chi connectivity index (χ0v) is 20.5. The summed E-state index contributed by atoms with van der Waals surface area (Å²) in [5.41, 5.74) is 0.751. The number of piperazine rings is 1. The van der Waals surface area contributed by atoms with Gasteiger partial charge in [-0.25, -0.2) is 9.97 Å². The molecule has 13 heteroatoms. The van der Waals surface area contributed by atoms with Crippen LogP contribution in [0.2, 0.25) is 5.02 Å². The van der Waals surface area contributed by atoms with Crippen molar-refractivity contribution in [2.75, 3.05) is 36.4 Å². The number of aromatic nitrogens is 3. The number of thiocarbonyl (C=S) groups is 1. The first-order chi connectivity index (χ1) is 16.7. The highest BCUT2D eigenvalue weighted by Crippen LogP contribution is 2.40. The minimum Gasteiger partial charge on any atom is -0.352 e. The van der Waals surface area contributed by atoms with Gasteiger partial charge in [-0.15, -0.1) is 0 Å². The fraction of sp³-hybridized carbons (Fsp3) is 0.227. The number of fused-ring (bicyclic) bond motifs is 3. The number of nitrogens with one attached hydrogen (secondary N) is 2. The van der Waals surface area contributed by atoms with Gasteiger partial charge in [-0.05, 0) is 60.6 Å². The number of nitrogens with zero attached hydrogens (tertiary/aromatic N) is 4. The van der Waals surface area contributed by atoms with Crippen molar-refractivity contribution < 1.29 is 13.2 Å². The Hall–Kier alpha value is -2.80. The van der Waals surface area contributed by atoms with Crippen LogP contribution in [0.3, 0.4) is 0 Å². The van der Waals surface area contributed by atoms with Crippen molar-refractivity contribution in [3.8, 4) is 0 Å². The molecule has 4 N–H and O–H groups in total. The second-order valence-electron chi connectivity index (χ2n) is 7.97. The highest BCUT2D eigenvalue weighted by molar-refractivity contribution is 7.97. The number of hydrogen-bond donors (Lipinski definition) is 3. The normalized spacial score (nSPS) is 14.7. The Labute approximate surface area is 213 Å². The van der Waals surface area contributed by atoms with Crippen molar-refractivity contribution in [3.05, 3.63) is 53.3 Å². The molecule has 0 bridgehead atoms. The van der Waals surface area contributed by atoms with Crippen LogP contribution in [0.5, 0.6) is 0 Å². The number of nitrogens with two attached hydrogens (primary N) is 1. The molecule has 2 aromatic heterocycles. The Morgan fingerprint density at radius 1 is 1.11 bits per heavy atom. The fourth-order valence-corrected chi connectivity index (χ4v) is 4.99. The van der Waals surface area contributed by atoms with Crippen LogP contribution in [-0.4, -0.2) is 51.1 Å². The summed E-state index contributed by atoms with van der Waals surface area (Å²) in [6.07, 6.45) is -3.15. The highest BCUT2D eigenvalue weighted by atomic mass is 35.5. The van der Waals surface area contributed by atoms with Crippen LogP contribution >= 0.6 is 35.8 Å². The smallest absolute Gasteiger partial charge is 0.352 e. The van der Waals surface area contributed by atoms with Crippen molar-refractivity contribution in [3.63, 3.8) is 0 Å². The molecular weight excluding hydrogens is 519 g/mol. The van der Waals surface area contributed by atoms with E-state index in [1.165, 1.54) is 24.3 Å². The molecule has 1 aliphatic rings. The molecule has 5 rings (SSSR count). The topological polar surface area (TPSA) is 86.1 Å². The number of anilines is 2. The first kappa shape index (κ1) is 23.9. The van der Waals surface area contributed by atoms with E-state index in [9.17, 15) is 13.2 Å². The number of alkyl halides is 3. The van der Waals surface area contributed by atoms with Crippen LogP contribution in [-0.2, 0) is 6.18 Å². The predicted molar refractivity (Wildman–Crippen MR) is 138 cm³/mol. The Morgan fingerprint density at radius 2 is 1.83 bits per heavy atom. The van der Waals surface area contributed by atoms with Gasteiger partial charge in [0.25, 0.3) is 0 Å². The summed E-state index contributed by atoms with van der Waals surface area (Å²) in [4.78, 5) is 16.8. The molecule has 0 unspecified atom stereocenters. The molecule has 0 atom stereocenters. The van der Waals surface area contributed by atoms with E-state index < -0.39 is 11.7 Å². The zero-order chi connectivity index (χ0) is 24.7. The van der Waals surface area contributed by atoms with Gasteiger partial charge in [0.15, 0.2) is 5.11 Å². The van der Waals surface area contributed by atoms with Crippen molar-refractivity contribution in [1.82, 2.24) is 19.9 Å². The lowest BCUT2D eigenvalue weighted by Gasteiger charge is -2.37. The molecule has 1 saturated heterocycles. The van der Waals surface area contributed by atoms with Crippen LogP contribution in [0.1, 0.15) is 5.56 Å². The summed E-state index contributed by atoms with van der Waals surface area (Å²) in [6, 6.07) is 10.0. The maximum Gasteiger partial charge on any atom is 0.417 e. The van der Waals surface area contributed by atoms with E-state index in [1.807, 2.05) is 24.3 Å². The number of aromatic amines is 1. The molecule has 0 aliphatic carbocycles. The third-order valence-electron chi connectivity index (χ3n) is 5.87. The number of halogens is 4. The van der Waals surface area contributed by atoms with Gasteiger partial charge in [-0.3, -0.25) is 5.14 Å². The molecule has 4 aromatic rings. The summed E-state index contributed by atoms with van der Waals surface area (Å²) in [5, 5.41) is 10.3. The number of benzene rings is 2. The quantitative estimate of drug-likeness (QED) is 0.241. The van der Waals surface area contributed by atoms with Crippen molar-refractivity contribution >= 4 is 74.3 Å². The lowest BCUT2D eigenvalue weighted by molar-refractivity contribution is -0.137. The molecule has 3 heterocycles. The van der Waals surface area contributed by atoms with Gasteiger partial charge in [-0.2, -0.15) is 13.2 Å². The Balaban J connectivity index is 1.36. The average molecular weight is 538 g/mol. The average Bonchev–Trinajstić information content (AvgIpc) is 3.21. The second-order valence-corrected chi connectivity index (χ2v) is 9.47. The summed E-state index contributed by atoms with van der Waals surface area (Å²) < 4.78 is 39.9. The molecule has 0 spiro atoms. The minimum atomic E-state index is -4.55. The van der Waals surface area contributed by atoms with Gasteiger partial charge in [0, 0.05) is 47.7 Å². The lowest BCUT2D eigenvalue weighted by atomic mass is 10.1. The zero-order valence-electron chi connectivity index (χ0n) is 18.1. The molecule has 2 aromatic carbocycles. The van der Waals surface area contributed by atoms with Gasteiger partial charge in [0.2, 0.25) is 0 Å². The van der Waals surface area contributed by atoms with Gasteiger partial charge >= 0.3 is 6.18 Å². The molecule has 0 radical (unpaired) electrons. The molecule has 1 aliphatic heterocycles. The summed E-state index contributed by atoms with van der Waals surface area (Å²) in [7, 11) is 0. The van der Waals surface area contributed by atoms with Gasteiger partial charge in [0.05, 0.1) is 16.0 Å². The van der Waals surface area contributed by atoms with E-state index >= 15 is 0 Å². The number of hydrogen-bond acceptors (Lipinski definition) is 6. The Kier molecular flexibility index (Phi) is 6.38. The molecule has 0 saturated carbocycles. The molecular formula is C22H19ClF3N7S2. The molecule has 35 heavy (non-hydrogen) atoms. The monoisotopic (exact) mass is 537 g/mol. The first-order valence-electron chi connectivity index (χ1n) is 10.6. The van der Waals surface area contributed by atoms with E-state index in [-0.39, 0.29) is 5.02 Å². The van der Waals surface area contributed by atoms with E-state index in [0.717, 1.165) is 16.6 Å². The van der Waals surface area contributed by atoms with E-state index in [2.05, 4.69) is 30.1 Å². The highest BCUT2D eigenvalue weighted by Gasteiger charge is 2.34. The first-order valence-corrected chi connectivity index (χ1v) is 12.2. The van der Waals surface area contributed by atoms with Gasteiger partial charge in [-0.1, -0.05) is 11.6 Å². The standard InChI is InChI=1S/C22H19ClF3N7S2/c23-16-9-14-17(10-15(16)22(24,25)26)31-19-18(14)20(29-11-28-19)32-5-7-33(8-6-32)21(34)30-12-1-3-13(35-27)4-2-12/h1-4,9-11H,5-8,27H2,(H,30,34)(H,28,29,31). The summed E-state index contributed by atoms with van der Waals surface area (Å²) in [6.45, 7) is 2.54. The van der Waals surface area contributed by atoms with Gasteiger partial charge < -0.3 is 20.1 Å². The van der Waals surface area contributed by atoms with Crippen LogP contribution in [0, 0.1) is 0 Å². The Morgan fingerprint density at radius 3 is 2.49 bits per heavy atom. The van der Waals surface area contributed by atoms with E-state index in [0.29, 0.717) is 59.0 Å². The lowest BCUT2D eigenvalue weighted by Crippen LogP contribution is -2.50. The minimum absolute atomic E-state index is 0.307. The summed E-state index contributed by atoms with van der Waals surface area (Å²) >= 11 is 12.8. The third kappa shape index (κ3) is 4.70. The van der Waals surface area contributed by atoms with Crippen molar-refractivity contribution in [1.29, 1.82) is 0 Å². The van der Waals surface area contributed by atoms with Crippen LogP contribution < -0.4 is 15.4 Å². The van der Waals surface area contributed by atoms with Crippen molar-refractivity contribution in [2.45, 2.75) is 11.1 Å². The van der Waals surface area contributed by atoms with Crippen LogP contribution in [0.15, 0.2) is 47.6 Å². The van der Waals surface area contributed by atoms with Crippen molar-refractivity contribution in [2.24, 2.45) is 5.14 Å². The second kappa shape index (κ2) is 9.34. The fourth-order valence-electron chi connectivity index (χ4n) is 4.13. The largest absolute Gasteiger partial charge is 0.417 e. The number of H-pyrrole nitrogens is 1. The summed E-state index contributed by atoms with van der Waals surface area (Å²) in [5.74, 6) is 0.644. The molecule has 182 valence electrons. The maximum absolute atomic E-state index is 13.3. The van der Waals surface area contributed by atoms with Crippen LogP contribution in [0.25, 0.3) is 21.9 Å². The number of rotatable bonds is 3. The van der Waals surface area contributed by atoms with Gasteiger partial charge in [0.1, 0.15) is 17.8 Å². The maximum atomic E-state index is 13.3. The third-order valence-corrected chi connectivity index (χ3v) is 7.09. The predicted octanol–water partition coefficient (Wildman–Crippen LogP) is 5.27. The molecule has 1 fully saturated rings. The van der Waals surface area contributed by atoms with E-state index in [4.69, 9.17) is 29.0 Å².